The summed E-state index contributed by atoms with van der Waals surface area (Å²) < 4.78 is 0. The maximum atomic E-state index is 11.6. The average Bonchev–Trinajstić information content (AvgIpc) is 2.67. The van der Waals surface area contributed by atoms with Gasteiger partial charge in [-0.25, -0.2) is 0 Å². The van der Waals surface area contributed by atoms with E-state index in [0.717, 1.165) is 18.8 Å². The fraction of sp³-hybridized carbons (Fsp3) is 0.840. The van der Waals surface area contributed by atoms with Crippen LogP contribution in [0.25, 0.3) is 0 Å². The van der Waals surface area contributed by atoms with E-state index in [1.807, 2.05) is 0 Å². The van der Waals surface area contributed by atoms with Gasteiger partial charge in [-0.1, -0.05) is 117 Å². The zero-order chi connectivity index (χ0) is 21.0. The monoisotopic (exact) mass is 393 g/mol. The van der Waals surface area contributed by atoms with E-state index in [0.29, 0.717) is 12.0 Å². The van der Waals surface area contributed by atoms with Crippen LogP contribution in [-0.2, 0) is 9.59 Å². The van der Waals surface area contributed by atoms with Crippen molar-refractivity contribution in [3.8, 4) is 0 Å². The Morgan fingerprint density at radius 1 is 0.750 bits per heavy atom. The Kier molecular flexibility index (Phi) is 18.4. The second-order valence-electron chi connectivity index (χ2n) is 8.66. The zero-order valence-electron chi connectivity index (χ0n) is 19.1. The van der Waals surface area contributed by atoms with E-state index in [-0.39, 0.29) is 11.8 Å². The highest BCUT2D eigenvalue weighted by Crippen LogP contribution is 2.16. The van der Waals surface area contributed by atoms with Crippen molar-refractivity contribution in [2.24, 2.45) is 5.92 Å². The molecule has 0 radical (unpaired) electrons. The lowest BCUT2D eigenvalue weighted by atomic mass is 9.99. The fourth-order valence-corrected chi connectivity index (χ4v) is 3.40. The highest BCUT2D eigenvalue weighted by molar-refractivity contribution is 6.03. The van der Waals surface area contributed by atoms with Gasteiger partial charge in [-0.2, -0.15) is 0 Å². The van der Waals surface area contributed by atoms with Crippen LogP contribution in [0.2, 0.25) is 0 Å². The molecular weight excluding hydrogens is 346 g/mol. The van der Waals surface area contributed by atoms with Crippen LogP contribution >= 0.6 is 0 Å². The Morgan fingerprint density at radius 2 is 1.14 bits per heavy atom. The molecule has 3 heteroatoms. The van der Waals surface area contributed by atoms with Crippen LogP contribution in [0.1, 0.15) is 130 Å². The predicted octanol–water partition coefficient (Wildman–Crippen LogP) is 7.49. The lowest BCUT2D eigenvalue weighted by Crippen LogP contribution is -2.30. The molecule has 0 aromatic carbocycles. The van der Waals surface area contributed by atoms with Crippen molar-refractivity contribution >= 4 is 11.8 Å². The number of amides is 2. The largest absolute Gasteiger partial charge is 0.293 e. The third-order valence-electron chi connectivity index (χ3n) is 5.69. The summed E-state index contributed by atoms with van der Waals surface area (Å²) in [6.07, 6.45) is 21.5. The molecule has 164 valence electrons. The molecule has 1 N–H and O–H groups in total. The average molecular weight is 394 g/mol. The fourth-order valence-electron chi connectivity index (χ4n) is 3.40. The third kappa shape index (κ3) is 18.3. The van der Waals surface area contributed by atoms with Crippen molar-refractivity contribution < 1.29 is 9.59 Å². The van der Waals surface area contributed by atoms with Crippen molar-refractivity contribution in [3.63, 3.8) is 0 Å². The molecular formula is C25H47NO2. The number of hydrogen-bond donors (Lipinski definition) is 1. The van der Waals surface area contributed by atoms with Crippen molar-refractivity contribution in [1.29, 1.82) is 0 Å². The second-order valence-corrected chi connectivity index (χ2v) is 8.66. The number of imide groups is 1. The normalized spacial score (nSPS) is 12.0. The summed E-state index contributed by atoms with van der Waals surface area (Å²) >= 11 is 0. The number of nitrogens with one attached hydrogen (secondary N) is 1. The number of hydrogen-bond acceptors (Lipinski definition) is 2. The topological polar surface area (TPSA) is 46.2 Å². The zero-order valence-corrected chi connectivity index (χ0v) is 19.1. The van der Waals surface area contributed by atoms with Gasteiger partial charge in [-0.15, -0.1) is 0 Å². The second kappa shape index (κ2) is 19.2. The Balaban J connectivity index is 3.21. The van der Waals surface area contributed by atoms with Crippen molar-refractivity contribution in [2.45, 2.75) is 130 Å². The number of carbonyl (C=O) groups excluding carboxylic acids is 2. The minimum Gasteiger partial charge on any atom is -0.293 e. The van der Waals surface area contributed by atoms with Gasteiger partial charge in [0.25, 0.3) is 5.91 Å². The van der Waals surface area contributed by atoms with Crippen molar-refractivity contribution in [1.82, 2.24) is 5.32 Å². The third-order valence-corrected chi connectivity index (χ3v) is 5.69. The summed E-state index contributed by atoms with van der Waals surface area (Å²) in [6.45, 7) is 9.80. The standard InChI is InChI=1S/C25H47NO2/c1-5-23(4)20-18-16-14-12-10-8-6-7-9-11-13-15-17-19-21-24(27)26-25(28)22(2)3/h23H,2,5-21H2,1,3-4H3,(H,26,27,28). The molecule has 0 saturated carbocycles. The van der Waals surface area contributed by atoms with E-state index in [1.54, 1.807) is 6.92 Å². The lowest BCUT2D eigenvalue weighted by Gasteiger charge is -2.07. The van der Waals surface area contributed by atoms with Gasteiger partial charge in [0.1, 0.15) is 0 Å². The highest BCUT2D eigenvalue weighted by atomic mass is 16.2. The summed E-state index contributed by atoms with van der Waals surface area (Å²) in [5.74, 6) is 0.381. The molecule has 0 heterocycles. The van der Waals surface area contributed by atoms with Crippen LogP contribution in [0.4, 0.5) is 0 Å². The Morgan fingerprint density at radius 3 is 1.54 bits per heavy atom. The lowest BCUT2D eigenvalue weighted by molar-refractivity contribution is -0.128. The van der Waals surface area contributed by atoms with Crippen LogP contribution < -0.4 is 5.32 Å². The molecule has 0 spiro atoms. The molecule has 0 saturated heterocycles. The van der Waals surface area contributed by atoms with E-state index in [1.165, 1.54) is 89.9 Å². The molecule has 3 nitrogen and oxygen atoms in total. The molecule has 1 atom stereocenters. The first-order valence-electron chi connectivity index (χ1n) is 12.0. The smallest absolute Gasteiger partial charge is 0.252 e. The van der Waals surface area contributed by atoms with Gasteiger partial charge in [0.2, 0.25) is 5.91 Å². The minimum absolute atomic E-state index is 0.177. The van der Waals surface area contributed by atoms with E-state index in [9.17, 15) is 9.59 Å². The van der Waals surface area contributed by atoms with Gasteiger partial charge >= 0.3 is 0 Å². The first kappa shape index (κ1) is 26.9. The first-order chi connectivity index (χ1) is 13.5. The van der Waals surface area contributed by atoms with Crippen LogP contribution in [0.5, 0.6) is 0 Å². The SMILES string of the molecule is C=C(C)C(=O)NC(=O)CCCCCCCCCCCCCCCCC(C)CC. The molecule has 0 bridgehead atoms. The summed E-state index contributed by atoms with van der Waals surface area (Å²) in [6, 6.07) is 0. The van der Waals surface area contributed by atoms with Crippen LogP contribution in [0.3, 0.4) is 0 Å². The number of carbonyl (C=O) groups is 2. The molecule has 2 amide bonds. The molecule has 0 rings (SSSR count). The van der Waals surface area contributed by atoms with Crippen molar-refractivity contribution in [3.05, 3.63) is 12.2 Å². The molecule has 0 aromatic heterocycles. The van der Waals surface area contributed by atoms with Gasteiger partial charge in [-0.3, -0.25) is 14.9 Å². The summed E-state index contributed by atoms with van der Waals surface area (Å²) in [5.41, 5.74) is 0.380. The first-order valence-corrected chi connectivity index (χ1v) is 12.0. The number of rotatable bonds is 19. The maximum absolute atomic E-state index is 11.6. The molecule has 0 aromatic rings. The Labute approximate surface area is 175 Å². The van der Waals surface area contributed by atoms with Gasteiger partial charge < -0.3 is 0 Å². The van der Waals surface area contributed by atoms with Crippen LogP contribution in [0, 0.1) is 5.92 Å². The van der Waals surface area contributed by atoms with E-state index in [4.69, 9.17) is 0 Å². The molecule has 1 unspecified atom stereocenters. The molecule has 0 aliphatic carbocycles. The van der Waals surface area contributed by atoms with E-state index >= 15 is 0 Å². The van der Waals surface area contributed by atoms with Gasteiger partial charge in [0, 0.05) is 12.0 Å². The number of unbranched alkanes of at least 4 members (excludes halogenated alkanes) is 13. The summed E-state index contributed by atoms with van der Waals surface area (Å²) in [4.78, 5) is 22.9. The highest BCUT2D eigenvalue weighted by Gasteiger charge is 2.07. The van der Waals surface area contributed by atoms with E-state index < -0.39 is 0 Å². The summed E-state index contributed by atoms with van der Waals surface area (Å²) in [7, 11) is 0. The Bertz CT molecular complexity index is 417. The Hall–Kier alpha value is -1.12. The van der Waals surface area contributed by atoms with Gasteiger partial charge in [0.05, 0.1) is 0 Å². The van der Waals surface area contributed by atoms with Gasteiger partial charge in [0.15, 0.2) is 0 Å². The van der Waals surface area contributed by atoms with Crippen LogP contribution in [0.15, 0.2) is 12.2 Å². The molecule has 0 aliphatic rings. The maximum Gasteiger partial charge on any atom is 0.252 e. The minimum atomic E-state index is -0.355. The molecule has 28 heavy (non-hydrogen) atoms. The quantitative estimate of drug-likeness (QED) is 0.182. The predicted molar refractivity (Wildman–Crippen MR) is 121 cm³/mol. The van der Waals surface area contributed by atoms with E-state index in [2.05, 4.69) is 25.7 Å². The molecule has 0 fully saturated rings. The van der Waals surface area contributed by atoms with Crippen LogP contribution in [-0.4, -0.2) is 11.8 Å². The summed E-state index contributed by atoms with van der Waals surface area (Å²) in [5, 5.41) is 2.36. The van der Waals surface area contributed by atoms with Crippen molar-refractivity contribution in [2.75, 3.05) is 0 Å². The van der Waals surface area contributed by atoms with Gasteiger partial charge in [-0.05, 0) is 19.3 Å². The molecule has 0 aliphatic heterocycles.